The molecule has 2 fully saturated rings. The second-order valence-electron chi connectivity index (χ2n) is 7.73. The van der Waals surface area contributed by atoms with Crippen LogP contribution in [-0.4, -0.2) is 50.3 Å². The largest absolute Gasteiger partial charge is 0.493 e. The van der Waals surface area contributed by atoms with Gasteiger partial charge in [0.05, 0.1) is 20.8 Å². The van der Waals surface area contributed by atoms with Crippen LogP contribution in [0, 0.1) is 0 Å². The van der Waals surface area contributed by atoms with Crippen molar-refractivity contribution in [3.8, 4) is 11.5 Å². The summed E-state index contributed by atoms with van der Waals surface area (Å²) in [6.07, 6.45) is 10.4. The fourth-order valence-corrected chi connectivity index (χ4v) is 4.49. The van der Waals surface area contributed by atoms with E-state index in [2.05, 4.69) is 10.2 Å². The predicted molar refractivity (Wildman–Crippen MR) is 126 cm³/mol. The number of hydrogen-bond acceptors (Lipinski definition) is 4. The molecule has 1 heterocycles. The average molecular weight is 502 g/mol. The number of piperidine rings is 1. The fourth-order valence-electron chi connectivity index (χ4n) is 4.49. The summed E-state index contributed by atoms with van der Waals surface area (Å²) in [6.45, 7) is 3.19. The van der Waals surface area contributed by atoms with Crippen LogP contribution in [0.15, 0.2) is 23.2 Å². The first-order chi connectivity index (χ1) is 13.2. The van der Waals surface area contributed by atoms with Crippen molar-refractivity contribution in [2.75, 3.05) is 39.2 Å². The van der Waals surface area contributed by atoms with Crippen molar-refractivity contribution >= 4 is 35.6 Å². The SMILES string of the molecule is COc1ccc(NC(N)=NCC2(N3CCCCC3)CCCCC2)cc1OC.I. The number of halogens is 1. The highest BCUT2D eigenvalue weighted by molar-refractivity contribution is 14.0. The van der Waals surface area contributed by atoms with Crippen LogP contribution in [0.3, 0.4) is 0 Å². The molecule has 0 radical (unpaired) electrons. The molecule has 28 heavy (non-hydrogen) atoms. The van der Waals surface area contributed by atoms with Crippen molar-refractivity contribution in [2.24, 2.45) is 10.7 Å². The van der Waals surface area contributed by atoms with Crippen molar-refractivity contribution in [2.45, 2.75) is 56.9 Å². The quantitative estimate of drug-likeness (QED) is 0.346. The Balaban J connectivity index is 0.00000280. The summed E-state index contributed by atoms with van der Waals surface area (Å²) in [5.74, 6) is 1.83. The first-order valence-corrected chi connectivity index (χ1v) is 10.2. The normalized spacial score (nSPS) is 20.1. The van der Waals surface area contributed by atoms with Crippen LogP contribution in [-0.2, 0) is 0 Å². The predicted octanol–water partition coefficient (Wildman–Crippen LogP) is 4.24. The molecule has 1 aromatic rings. The number of nitrogens with two attached hydrogens (primary N) is 1. The van der Waals surface area contributed by atoms with Crippen LogP contribution in [0.25, 0.3) is 0 Å². The first kappa shape index (κ1) is 23.1. The van der Waals surface area contributed by atoms with Gasteiger partial charge in [-0.3, -0.25) is 9.89 Å². The summed E-state index contributed by atoms with van der Waals surface area (Å²) >= 11 is 0. The van der Waals surface area contributed by atoms with E-state index in [-0.39, 0.29) is 29.5 Å². The molecular weight excluding hydrogens is 467 g/mol. The second-order valence-corrected chi connectivity index (χ2v) is 7.73. The van der Waals surface area contributed by atoms with E-state index in [1.165, 1.54) is 64.5 Å². The van der Waals surface area contributed by atoms with E-state index in [1.807, 2.05) is 18.2 Å². The lowest BCUT2D eigenvalue weighted by atomic mass is 9.79. The Kier molecular flexibility index (Phi) is 9.14. The number of ether oxygens (including phenoxy) is 2. The number of hydrogen-bond donors (Lipinski definition) is 2. The molecule has 1 saturated heterocycles. The maximum Gasteiger partial charge on any atom is 0.193 e. The molecule has 0 spiro atoms. The summed E-state index contributed by atoms with van der Waals surface area (Å²) in [5.41, 5.74) is 7.27. The van der Waals surface area contributed by atoms with E-state index in [9.17, 15) is 0 Å². The van der Waals surface area contributed by atoms with E-state index in [4.69, 9.17) is 20.2 Å². The standard InChI is InChI=1S/C21H34N4O2.HI/c1-26-18-10-9-17(15-19(18)27-2)24-20(22)23-16-21(11-5-3-6-12-21)25-13-7-4-8-14-25;/h9-10,15H,3-8,11-14,16H2,1-2H3,(H3,22,23,24);1H. The first-order valence-electron chi connectivity index (χ1n) is 10.2. The number of likely N-dealkylation sites (tertiary alicyclic amines) is 1. The van der Waals surface area contributed by atoms with Crippen LogP contribution in [0.2, 0.25) is 0 Å². The Morgan fingerprint density at radius 1 is 1.04 bits per heavy atom. The number of benzene rings is 1. The molecule has 0 amide bonds. The van der Waals surface area contributed by atoms with Gasteiger partial charge in [0.1, 0.15) is 0 Å². The van der Waals surface area contributed by atoms with Gasteiger partial charge in [0.25, 0.3) is 0 Å². The van der Waals surface area contributed by atoms with Crippen LogP contribution < -0.4 is 20.5 Å². The third-order valence-corrected chi connectivity index (χ3v) is 6.01. The molecule has 158 valence electrons. The van der Waals surface area contributed by atoms with Gasteiger partial charge in [-0.1, -0.05) is 25.7 Å². The smallest absolute Gasteiger partial charge is 0.193 e. The Labute approximate surface area is 186 Å². The molecule has 0 aromatic heterocycles. The number of rotatable bonds is 6. The second kappa shape index (κ2) is 11.1. The number of guanidine groups is 1. The van der Waals surface area contributed by atoms with Crippen LogP contribution in [0.5, 0.6) is 11.5 Å². The Hall–Kier alpha value is -1.22. The molecule has 7 heteroatoms. The summed E-state index contributed by atoms with van der Waals surface area (Å²) in [7, 11) is 3.26. The number of nitrogens with one attached hydrogen (secondary N) is 1. The summed E-state index contributed by atoms with van der Waals surface area (Å²) in [6, 6.07) is 5.66. The van der Waals surface area contributed by atoms with Crippen molar-refractivity contribution in [1.82, 2.24) is 4.90 Å². The highest BCUT2D eigenvalue weighted by atomic mass is 127. The zero-order chi connectivity index (χ0) is 19.1. The highest BCUT2D eigenvalue weighted by Crippen LogP contribution is 2.36. The zero-order valence-corrected chi connectivity index (χ0v) is 19.5. The van der Waals surface area contributed by atoms with Crippen LogP contribution >= 0.6 is 24.0 Å². The summed E-state index contributed by atoms with van der Waals surface area (Å²) in [5, 5.41) is 3.20. The minimum absolute atomic E-state index is 0. The van der Waals surface area contributed by atoms with E-state index in [0.29, 0.717) is 17.5 Å². The summed E-state index contributed by atoms with van der Waals surface area (Å²) in [4.78, 5) is 7.46. The molecule has 3 N–H and O–H groups in total. The molecule has 0 unspecified atom stereocenters. The van der Waals surface area contributed by atoms with Crippen LogP contribution in [0.4, 0.5) is 5.69 Å². The molecule has 1 aliphatic heterocycles. The van der Waals surface area contributed by atoms with Crippen molar-refractivity contribution in [3.63, 3.8) is 0 Å². The lowest BCUT2D eigenvalue weighted by molar-refractivity contribution is 0.0408. The molecule has 0 atom stereocenters. The molecule has 1 saturated carbocycles. The topological polar surface area (TPSA) is 72.1 Å². The van der Waals surface area contributed by atoms with Gasteiger partial charge in [-0.15, -0.1) is 24.0 Å². The monoisotopic (exact) mass is 502 g/mol. The fraction of sp³-hybridized carbons (Fsp3) is 0.667. The van der Waals surface area contributed by atoms with Gasteiger partial charge in [-0.2, -0.15) is 0 Å². The van der Waals surface area contributed by atoms with Crippen molar-refractivity contribution in [3.05, 3.63) is 18.2 Å². The lowest BCUT2D eigenvalue weighted by Crippen LogP contribution is -2.54. The molecule has 0 bridgehead atoms. The van der Waals surface area contributed by atoms with E-state index in [0.717, 1.165) is 12.2 Å². The lowest BCUT2D eigenvalue weighted by Gasteiger charge is -2.47. The number of methoxy groups -OCH3 is 2. The van der Waals surface area contributed by atoms with Gasteiger partial charge in [0.15, 0.2) is 17.5 Å². The van der Waals surface area contributed by atoms with E-state index < -0.39 is 0 Å². The van der Waals surface area contributed by atoms with Crippen molar-refractivity contribution in [1.29, 1.82) is 0 Å². The molecule has 3 rings (SSSR count). The van der Waals surface area contributed by atoms with E-state index >= 15 is 0 Å². The van der Waals surface area contributed by atoms with Gasteiger partial charge < -0.3 is 20.5 Å². The van der Waals surface area contributed by atoms with Gasteiger partial charge in [-0.25, -0.2) is 0 Å². The molecule has 2 aliphatic rings. The third-order valence-electron chi connectivity index (χ3n) is 6.01. The van der Waals surface area contributed by atoms with Crippen LogP contribution in [0.1, 0.15) is 51.4 Å². The average Bonchev–Trinajstić information content (AvgIpc) is 2.73. The summed E-state index contributed by atoms with van der Waals surface area (Å²) < 4.78 is 10.6. The Bertz CT molecular complexity index is 641. The minimum Gasteiger partial charge on any atom is -0.493 e. The molecule has 1 aromatic carbocycles. The van der Waals surface area contributed by atoms with Gasteiger partial charge in [0, 0.05) is 17.3 Å². The Morgan fingerprint density at radius 3 is 2.32 bits per heavy atom. The van der Waals surface area contributed by atoms with Gasteiger partial charge in [0.2, 0.25) is 0 Å². The molecule has 6 nitrogen and oxygen atoms in total. The van der Waals surface area contributed by atoms with Crippen molar-refractivity contribution < 1.29 is 9.47 Å². The molecular formula is C21H35IN4O2. The van der Waals surface area contributed by atoms with Gasteiger partial charge >= 0.3 is 0 Å². The number of nitrogens with zero attached hydrogens (tertiary/aromatic N) is 2. The zero-order valence-electron chi connectivity index (χ0n) is 17.2. The number of anilines is 1. The highest BCUT2D eigenvalue weighted by Gasteiger charge is 2.38. The Morgan fingerprint density at radius 2 is 1.68 bits per heavy atom. The maximum atomic E-state index is 6.22. The minimum atomic E-state index is 0. The van der Waals surface area contributed by atoms with E-state index in [1.54, 1.807) is 14.2 Å². The van der Waals surface area contributed by atoms with Gasteiger partial charge in [-0.05, 0) is 50.9 Å². The third kappa shape index (κ3) is 5.65. The maximum absolute atomic E-state index is 6.22. The molecule has 1 aliphatic carbocycles. The number of aliphatic imine (C=N–C) groups is 1.